The summed E-state index contributed by atoms with van der Waals surface area (Å²) in [6.07, 6.45) is 2.51. The van der Waals surface area contributed by atoms with Crippen LogP contribution in [0.5, 0.6) is 0 Å². The van der Waals surface area contributed by atoms with Crippen LogP contribution in [0.2, 0.25) is 0 Å². The molecule has 0 unspecified atom stereocenters. The van der Waals surface area contributed by atoms with E-state index in [1.54, 1.807) is 19.1 Å². The number of benzene rings is 2. The SMILES string of the molecule is CCOC(=O)C=Cc1ccc([N+](=O)[O-])cc1C(=O)OCc1ccccc1. The first kappa shape index (κ1) is 18.9. The first-order valence-electron chi connectivity index (χ1n) is 7.85. The Balaban J connectivity index is 2.24. The molecule has 2 aromatic carbocycles. The van der Waals surface area contributed by atoms with Crippen LogP contribution >= 0.6 is 0 Å². The molecular formula is C19H17NO6. The Labute approximate surface area is 150 Å². The number of nitro benzene ring substituents is 1. The Morgan fingerprint density at radius 1 is 1.12 bits per heavy atom. The van der Waals surface area contributed by atoms with Gasteiger partial charge in [0.05, 0.1) is 17.1 Å². The molecular weight excluding hydrogens is 338 g/mol. The number of nitrogens with zero attached hydrogens (tertiary/aromatic N) is 1. The fraction of sp³-hybridized carbons (Fsp3) is 0.158. The van der Waals surface area contributed by atoms with Gasteiger partial charge in [-0.15, -0.1) is 0 Å². The van der Waals surface area contributed by atoms with Crippen LogP contribution in [0.25, 0.3) is 6.08 Å². The minimum Gasteiger partial charge on any atom is -0.463 e. The van der Waals surface area contributed by atoms with Crippen LogP contribution < -0.4 is 0 Å². The molecule has 0 aliphatic carbocycles. The van der Waals surface area contributed by atoms with Crippen molar-refractivity contribution in [3.05, 3.63) is 81.4 Å². The molecule has 0 aliphatic heterocycles. The van der Waals surface area contributed by atoms with E-state index in [0.29, 0.717) is 5.56 Å². The lowest BCUT2D eigenvalue weighted by Crippen LogP contribution is -2.08. The Hall–Kier alpha value is -3.48. The van der Waals surface area contributed by atoms with E-state index >= 15 is 0 Å². The van der Waals surface area contributed by atoms with Gasteiger partial charge in [0.2, 0.25) is 0 Å². The van der Waals surface area contributed by atoms with Crippen LogP contribution in [0, 0.1) is 10.1 Å². The molecule has 0 radical (unpaired) electrons. The molecule has 26 heavy (non-hydrogen) atoms. The van der Waals surface area contributed by atoms with Gasteiger partial charge in [-0.2, -0.15) is 0 Å². The van der Waals surface area contributed by atoms with Gasteiger partial charge < -0.3 is 9.47 Å². The largest absolute Gasteiger partial charge is 0.463 e. The number of hydrogen-bond donors (Lipinski definition) is 0. The predicted molar refractivity (Wildman–Crippen MR) is 94.3 cm³/mol. The number of carbonyl (C=O) groups excluding carboxylic acids is 2. The molecule has 2 rings (SSSR count). The maximum atomic E-state index is 12.4. The fourth-order valence-corrected chi connectivity index (χ4v) is 2.13. The Morgan fingerprint density at radius 3 is 2.50 bits per heavy atom. The summed E-state index contributed by atoms with van der Waals surface area (Å²) < 4.78 is 10.0. The van der Waals surface area contributed by atoms with Gasteiger partial charge in [0.15, 0.2) is 0 Å². The maximum Gasteiger partial charge on any atom is 0.339 e. The van der Waals surface area contributed by atoms with E-state index in [1.165, 1.54) is 18.2 Å². The summed E-state index contributed by atoms with van der Waals surface area (Å²) in [6.45, 7) is 1.92. The summed E-state index contributed by atoms with van der Waals surface area (Å²) in [4.78, 5) is 34.2. The molecule has 0 amide bonds. The molecule has 0 spiro atoms. The van der Waals surface area contributed by atoms with E-state index < -0.39 is 16.9 Å². The van der Waals surface area contributed by atoms with Crippen molar-refractivity contribution < 1.29 is 24.0 Å². The molecule has 0 aromatic heterocycles. The lowest BCUT2D eigenvalue weighted by atomic mass is 10.1. The van der Waals surface area contributed by atoms with Crippen molar-refractivity contribution in [3.8, 4) is 0 Å². The summed E-state index contributed by atoms with van der Waals surface area (Å²) in [7, 11) is 0. The van der Waals surface area contributed by atoms with Crippen molar-refractivity contribution in [1.82, 2.24) is 0 Å². The zero-order valence-electron chi connectivity index (χ0n) is 14.1. The van der Waals surface area contributed by atoms with E-state index in [1.807, 2.05) is 18.2 Å². The first-order valence-corrected chi connectivity index (χ1v) is 7.85. The quantitative estimate of drug-likeness (QED) is 0.326. The smallest absolute Gasteiger partial charge is 0.339 e. The monoisotopic (exact) mass is 355 g/mol. The zero-order chi connectivity index (χ0) is 18.9. The van der Waals surface area contributed by atoms with Gasteiger partial charge in [-0.05, 0) is 30.2 Å². The highest BCUT2D eigenvalue weighted by molar-refractivity contribution is 5.96. The minimum atomic E-state index is -0.721. The van der Waals surface area contributed by atoms with Gasteiger partial charge in [-0.1, -0.05) is 30.3 Å². The number of ether oxygens (including phenoxy) is 2. The van der Waals surface area contributed by atoms with E-state index in [2.05, 4.69) is 0 Å². The van der Waals surface area contributed by atoms with E-state index in [0.717, 1.165) is 17.7 Å². The van der Waals surface area contributed by atoms with Gasteiger partial charge in [0.1, 0.15) is 6.61 Å². The van der Waals surface area contributed by atoms with Gasteiger partial charge in [-0.25, -0.2) is 9.59 Å². The third-order valence-electron chi connectivity index (χ3n) is 3.37. The second-order valence-electron chi connectivity index (χ2n) is 5.18. The van der Waals surface area contributed by atoms with Crippen molar-refractivity contribution in [1.29, 1.82) is 0 Å². The number of rotatable bonds is 7. The second-order valence-corrected chi connectivity index (χ2v) is 5.18. The van der Waals surface area contributed by atoms with Crippen molar-refractivity contribution in [2.45, 2.75) is 13.5 Å². The topological polar surface area (TPSA) is 95.7 Å². The molecule has 2 aromatic rings. The second kappa shape index (κ2) is 9.12. The van der Waals surface area contributed by atoms with Crippen molar-refractivity contribution in [2.75, 3.05) is 6.61 Å². The molecule has 134 valence electrons. The highest BCUT2D eigenvalue weighted by Gasteiger charge is 2.17. The van der Waals surface area contributed by atoms with Gasteiger partial charge in [-0.3, -0.25) is 10.1 Å². The maximum absolute atomic E-state index is 12.4. The van der Waals surface area contributed by atoms with Gasteiger partial charge in [0.25, 0.3) is 5.69 Å². The third kappa shape index (κ3) is 5.27. The molecule has 0 N–H and O–H groups in total. The van der Waals surface area contributed by atoms with E-state index in [9.17, 15) is 19.7 Å². The van der Waals surface area contributed by atoms with Crippen LogP contribution in [-0.4, -0.2) is 23.5 Å². The highest BCUT2D eigenvalue weighted by Crippen LogP contribution is 2.21. The number of carbonyl (C=O) groups is 2. The molecule has 0 saturated carbocycles. The standard InChI is InChI=1S/C19H17NO6/c1-2-25-18(21)11-9-15-8-10-16(20(23)24)12-17(15)19(22)26-13-14-6-4-3-5-7-14/h3-12H,2,13H2,1H3. The summed E-state index contributed by atoms with van der Waals surface area (Å²) in [6, 6.07) is 12.8. The Bertz CT molecular complexity index is 829. The van der Waals surface area contributed by atoms with Crippen molar-refractivity contribution >= 4 is 23.7 Å². The molecule has 0 atom stereocenters. The number of non-ortho nitro benzene ring substituents is 1. The number of esters is 2. The van der Waals surface area contributed by atoms with Crippen LogP contribution in [0.3, 0.4) is 0 Å². The first-order chi connectivity index (χ1) is 12.5. The highest BCUT2D eigenvalue weighted by atomic mass is 16.6. The molecule has 7 heteroatoms. The zero-order valence-corrected chi connectivity index (χ0v) is 14.1. The Morgan fingerprint density at radius 2 is 1.85 bits per heavy atom. The number of hydrogen-bond acceptors (Lipinski definition) is 6. The molecule has 0 heterocycles. The summed E-state index contributed by atoms with van der Waals surface area (Å²) in [5, 5.41) is 11.0. The molecule has 0 fully saturated rings. The molecule has 7 nitrogen and oxygen atoms in total. The fourth-order valence-electron chi connectivity index (χ4n) is 2.13. The lowest BCUT2D eigenvalue weighted by Gasteiger charge is -2.08. The van der Waals surface area contributed by atoms with Crippen LogP contribution in [0.15, 0.2) is 54.6 Å². The summed E-state index contributed by atoms with van der Waals surface area (Å²) in [5.41, 5.74) is 0.859. The van der Waals surface area contributed by atoms with Crippen LogP contribution in [0.1, 0.15) is 28.4 Å². The van der Waals surface area contributed by atoms with Gasteiger partial charge in [0, 0.05) is 18.2 Å². The predicted octanol–water partition coefficient (Wildman–Crippen LogP) is 3.53. The van der Waals surface area contributed by atoms with E-state index in [4.69, 9.17) is 9.47 Å². The normalized spacial score (nSPS) is 10.5. The third-order valence-corrected chi connectivity index (χ3v) is 3.37. The van der Waals surface area contributed by atoms with Crippen molar-refractivity contribution in [3.63, 3.8) is 0 Å². The summed E-state index contributed by atoms with van der Waals surface area (Å²) >= 11 is 0. The van der Waals surface area contributed by atoms with Gasteiger partial charge >= 0.3 is 11.9 Å². The minimum absolute atomic E-state index is 0.00400. The lowest BCUT2D eigenvalue weighted by molar-refractivity contribution is -0.384. The molecule has 0 saturated heterocycles. The molecule has 0 aliphatic rings. The number of nitro groups is 1. The molecule has 0 bridgehead atoms. The van der Waals surface area contributed by atoms with Crippen LogP contribution in [0.4, 0.5) is 5.69 Å². The average molecular weight is 355 g/mol. The Kier molecular flexibility index (Phi) is 6.61. The summed E-state index contributed by atoms with van der Waals surface area (Å²) in [5.74, 6) is -1.30. The van der Waals surface area contributed by atoms with Crippen molar-refractivity contribution in [2.24, 2.45) is 0 Å². The average Bonchev–Trinajstić information content (AvgIpc) is 2.65. The van der Waals surface area contributed by atoms with E-state index in [-0.39, 0.29) is 24.5 Å². The van der Waals surface area contributed by atoms with Crippen LogP contribution in [-0.2, 0) is 20.9 Å².